The van der Waals surface area contributed by atoms with E-state index >= 15 is 0 Å². The predicted molar refractivity (Wildman–Crippen MR) is 91.1 cm³/mol. The van der Waals surface area contributed by atoms with Crippen LogP contribution in [0.2, 0.25) is 0 Å². The molecule has 0 heterocycles. The van der Waals surface area contributed by atoms with Crippen LogP contribution in [0.15, 0.2) is 21.1 Å². The van der Waals surface area contributed by atoms with Crippen molar-refractivity contribution in [1.82, 2.24) is 10.0 Å². The Morgan fingerprint density at radius 2 is 1.91 bits per heavy atom. The number of methoxy groups -OCH3 is 1. The van der Waals surface area contributed by atoms with Crippen LogP contribution < -0.4 is 11.5 Å². The van der Waals surface area contributed by atoms with Crippen molar-refractivity contribution in [3.63, 3.8) is 0 Å². The van der Waals surface area contributed by atoms with Gasteiger partial charge in [0.15, 0.2) is 0 Å². The average Bonchev–Trinajstić information content (AvgIpc) is 2.49. The third kappa shape index (κ3) is 4.11. The van der Waals surface area contributed by atoms with Crippen LogP contribution >= 0.6 is 31.9 Å². The third-order valence-corrected chi connectivity index (χ3v) is 3.99. The molecular formula is C13H18Br2N4O3. The molecule has 122 valence electrons. The number of amides is 2. The first kappa shape index (κ1) is 18.7. The van der Waals surface area contributed by atoms with Gasteiger partial charge in [0.1, 0.15) is 0 Å². The van der Waals surface area contributed by atoms with Gasteiger partial charge in [0.05, 0.1) is 24.9 Å². The van der Waals surface area contributed by atoms with Crippen LogP contribution in [0.3, 0.4) is 0 Å². The topological polar surface area (TPSA) is 102 Å². The smallest absolute Gasteiger partial charge is 0.428 e. The summed E-state index contributed by atoms with van der Waals surface area (Å²) in [6, 6.07) is 3.33. The molecule has 7 nitrogen and oxygen atoms in total. The van der Waals surface area contributed by atoms with Crippen molar-refractivity contribution in [2.24, 2.45) is 5.73 Å². The van der Waals surface area contributed by atoms with Crippen LogP contribution in [-0.4, -0.2) is 48.8 Å². The van der Waals surface area contributed by atoms with Crippen molar-refractivity contribution in [3.05, 3.63) is 26.6 Å². The number of benzene rings is 1. The number of anilines is 1. The number of nitrogen functional groups attached to an aromatic ring is 1. The van der Waals surface area contributed by atoms with Crippen molar-refractivity contribution in [3.8, 4) is 0 Å². The number of hydrogen-bond donors (Lipinski definition) is 2. The van der Waals surface area contributed by atoms with Gasteiger partial charge in [-0.2, -0.15) is 0 Å². The number of nitrogens with two attached hydrogens (primary N) is 2. The van der Waals surface area contributed by atoms with Crippen LogP contribution in [0.4, 0.5) is 10.5 Å². The molecule has 2 amide bonds. The standard InChI is InChI=1S/C13H18Br2N4O3/c1-3-18(13(21)22-2)19(5-4-16)12(20)9-6-8(14)7-10(15)11(9)17/h6-7H,3-5,16-17H2,1-2H3. The van der Waals surface area contributed by atoms with E-state index in [2.05, 4.69) is 31.9 Å². The normalized spacial score (nSPS) is 10.2. The van der Waals surface area contributed by atoms with E-state index in [-0.39, 0.29) is 30.9 Å². The Labute approximate surface area is 145 Å². The van der Waals surface area contributed by atoms with Crippen LogP contribution in [0.25, 0.3) is 0 Å². The van der Waals surface area contributed by atoms with E-state index < -0.39 is 12.0 Å². The Kier molecular flexibility index (Phi) is 7.11. The highest BCUT2D eigenvalue weighted by Gasteiger charge is 2.27. The maximum absolute atomic E-state index is 12.8. The molecule has 0 aliphatic heterocycles. The van der Waals surface area contributed by atoms with E-state index in [4.69, 9.17) is 16.2 Å². The maximum atomic E-state index is 12.8. The van der Waals surface area contributed by atoms with Crippen LogP contribution in [0.1, 0.15) is 17.3 Å². The summed E-state index contributed by atoms with van der Waals surface area (Å²) in [6.07, 6.45) is -0.642. The number of ether oxygens (including phenoxy) is 1. The lowest BCUT2D eigenvalue weighted by molar-refractivity contribution is -0.00275. The number of nitrogens with zero attached hydrogens (tertiary/aromatic N) is 2. The summed E-state index contributed by atoms with van der Waals surface area (Å²) in [5.41, 5.74) is 12.1. The van der Waals surface area contributed by atoms with Crippen molar-refractivity contribution >= 4 is 49.5 Å². The first-order valence-electron chi connectivity index (χ1n) is 6.49. The molecule has 0 spiro atoms. The SMILES string of the molecule is CCN(C(=O)OC)N(CCN)C(=O)c1cc(Br)cc(Br)c1N. The Morgan fingerprint density at radius 1 is 1.27 bits per heavy atom. The molecule has 0 bridgehead atoms. The fraction of sp³-hybridized carbons (Fsp3) is 0.385. The molecule has 0 fully saturated rings. The van der Waals surface area contributed by atoms with Gasteiger partial charge in [-0.25, -0.2) is 14.8 Å². The molecule has 0 unspecified atom stereocenters. The summed E-state index contributed by atoms with van der Waals surface area (Å²) in [5.74, 6) is -0.433. The van der Waals surface area contributed by atoms with Crippen molar-refractivity contribution in [1.29, 1.82) is 0 Å². The fourth-order valence-electron chi connectivity index (χ4n) is 1.86. The van der Waals surface area contributed by atoms with E-state index in [1.165, 1.54) is 17.1 Å². The average molecular weight is 438 g/mol. The molecule has 9 heteroatoms. The Balaban J connectivity index is 3.26. The molecule has 0 aliphatic carbocycles. The quantitative estimate of drug-likeness (QED) is 0.555. The summed E-state index contributed by atoms with van der Waals surface area (Å²) in [7, 11) is 1.25. The molecular weight excluding hydrogens is 420 g/mol. The molecule has 0 radical (unpaired) electrons. The molecule has 22 heavy (non-hydrogen) atoms. The number of carbonyl (C=O) groups is 2. The first-order valence-corrected chi connectivity index (χ1v) is 8.07. The molecule has 0 saturated carbocycles. The number of hydrazine groups is 1. The van der Waals surface area contributed by atoms with E-state index in [1.807, 2.05) is 0 Å². The van der Waals surface area contributed by atoms with E-state index in [0.717, 1.165) is 0 Å². The number of carbonyl (C=O) groups excluding carboxylic acids is 2. The highest BCUT2D eigenvalue weighted by atomic mass is 79.9. The number of rotatable bonds is 4. The van der Waals surface area contributed by atoms with Crippen molar-refractivity contribution < 1.29 is 14.3 Å². The van der Waals surface area contributed by atoms with E-state index in [1.54, 1.807) is 19.1 Å². The van der Waals surface area contributed by atoms with Crippen molar-refractivity contribution in [2.45, 2.75) is 6.92 Å². The molecule has 0 aliphatic rings. The van der Waals surface area contributed by atoms with Gasteiger partial charge in [0, 0.05) is 22.0 Å². The largest absolute Gasteiger partial charge is 0.452 e. The summed E-state index contributed by atoms with van der Waals surface area (Å²) in [5, 5.41) is 2.42. The lowest BCUT2D eigenvalue weighted by Crippen LogP contribution is -2.51. The zero-order valence-electron chi connectivity index (χ0n) is 12.3. The molecule has 4 N–H and O–H groups in total. The van der Waals surface area contributed by atoms with Gasteiger partial charge in [0.2, 0.25) is 0 Å². The molecule has 1 aromatic carbocycles. The number of hydrogen-bond acceptors (Lipinski definition) is 5. The predicted octanol–water partition coefficient (Wildman–Crippen LogP) is 2.20. The minimum Gasteiger partial charge on any atom is -0.452 e. The zero-order chi connectivity index (χ0) is 16.9. The van der Waals surface area contributed by atoms with Crippen molar-refractivity contribution in [2.75, 3.05) is 32.5 Å². The van der Waals surface area contributed by atoms with E-state index in [9.17, 15) is 9.59 Å². The van der Waals surface area contributed by atoms with Gasteiger partial charge >= 0.3 is 6.09 Å². The zero-order valence-corrected chi connectivity index (χ0v) is 15.5. The second-order valence-electron chi connectivity index (χ2n) is 4.25. The van der Waals surface area contributed by atoms with Crippen LogP contribution in [0.5, 0.6) is 0 Å². The Bertz CT molecular complexity index is 568. The first-order chi connectivity index (χ1) is 10.4. The lowest BCUT2D eigenvalue weighted by Gasteiger charge is -2.33. The van der Waals surface area contributed by atoms with E-state index in [0.29, 0.717) is 8.95 Å². The molecule has 0 aromatic heterocycles. The van der Waals surface area contributed by atoms with Gasteiger partial charge in [-0.15, -0.1) is 0 Å². The fourth-order valence-corrected chi connectivity index (χ4v) is 3.08. The Hall–Kier alpha value is -1.32. The highest BCUT2D eigenvalue weighted by Crippen LogP contribution is 2.29. The van der Waals surface area contributed by atoms with Gasteiger partial charge in [-0.1, -0.05) is 15.9 Å². The summed E-state index contributed by atoms with van der Waals surface area (Å²) < 4.78 is 5.97. The highest BCUT2D eigenvalue weighted by molar-refractivity contribution is 9.11. The van der Waals surface area contributed by atoms with Gasteiger partial charge in [-0.3, -0.25) is 4.79 Å². The second-order valence-corrected chi connectivity index (χ2v) is 6.02. The van der Waals surface area contributed by atoms with Crippen LogP contribution in [0, 0.1) is 0 Å². The Morgan fingerprint density at radius 3 is 2.41 bits per heavy atom. The lowest BCUT2D eigenvalue weighted by atomic mass is 10.1. The molecule has 1 rings (SSSR count). The third-order valence-electron chi connectivity index (χ3n) is 2.88. The van der Waals surface area contributed by atoms with Crippen LogP contribution in [-0.2, 0) is 4.74 Å². The number of halogens is 2. The maximum Gasteiger partial charge on any atom is 0.428 e. The van der Waals surface area contributed by atoms with Gasteiger partial charge in [-0.05, 0) is 35.0 Å². The minimum atomic E-state index is -0.642. The minimum absolute atomic E-state index is 0.158. The monoisotopic (exact) mass is 436 g/mol. The van der Waals surface area contributed by atoms with Gasteiger partial charge in [0.25, 0.3) is 5.91 Å². The summed E-state index contributed by atoms with van der Waals surface area (Å²) in [6.45, 7) is 2.33. The summed E-state index contributed by atoms with van der Waals surface area (Å²) in [4.78, 5) is 24.6. The van der Waals surface area contributed by atoms with Gasteiger partial charge < -0.3 is 16.2 Å². The summed E-state index contributed by atoms with van der Waals surface area (Å²) >= 11 is 6.61. The second kappa shape index (κ2) is 8.35. The molecule has 0 atom stereocenters. The molecule has 0 saturated heterocycles. The molecule has 1 aromatic rings.